The number of furan rings is 1. The number of hydrogen-bond acceptors (Lipinski definition) is 4. The molecule has 0 aliphatic rings. The van der Waals surface area contributed by atoms with Crippen LogP contribution in [-0.4, -0.2) is 4.92 Å². The number of nitro groups is 1. The van der Waals surface area contributed by atoms with Crippen molar-refractivity contribution < 1.29 is 9.34 Å². The summed E-state index contributed by atoms with van der Waals surface area (Å²) in [4.78, 5) is 9.94. The fourth-order valence-electron chi connectivity index (χ4n) is 1.25. The van der Waals surface area contributed by atoms with Gasteiger partial charge in [-0.3, -0.25) is 10.1 Å². The van der Waals surface area contributed by atoms with Crippen LogP contribution in [0.1, 0.15) is 5.56 Å². The lowest BCUT2D eigenvalue weighted by Crippen LogP contribution is -1.88. The molecule has 0 aliphatic carbocycles. The van der Waals surface area contributed by atoms with E-state index in [9.17, 15) is 10.1 Å². The van der Waals surface area contributed by atoms with E-state index in [0.717, 1.165) is 0 Å². The Bertz CT molecular complexity index is 551. The maximum absolute atomic E-state index is 10.5. The van der Waals surface area contributed by atoms with Crippen molar-refractivity contribution >= 4 is 16.7 Å². The van der Waals surface area contributed by atoms with E-state index in [1.807, 2.05) is 6.07 Å². The Labute approximate surface area is 78.3 Å². The Hall–Kier alpha value is -2.35. The van der Waals surface area contributed by atoms with Crippen LogP contribution in [0.25, 0.3) is 11.0 Å². The van der Waals surface area contributed by atoms with Crippen molar-refractivity contribution in [2.75, 3.05) is 0 Å². The average Bonchev–Trinajstić information content (AvgIpc) is 2.63. The van der Waals surface area contributed by atoms with Crippen molar-refractivity contribution in [3.05, 3.63) is 40.1 Å². The largest absolute Gasteiger partial charge is 0.464 e. The number of fused-ring (bicyclic) bond motifs is 1. The first-order valence-electron chi connectivity index (χ1n) is 3.78. The minimum atomic E-state index is -0.553. The summed E-state index contributed by atoms with van der Waals surface area (Å²) in [5.74, 6) is 0. The first kappa shape index (κ1) is 8.26. The molecule has 1 aromatic carbocycles. The zero-order valence-corrected chi connectivity index (χ0v) is 6.93. The van der Waals surface area contributed by atoms with Gasteiger partial charge >= 0.3 is 0 Å². The number of hydrogen-bond donors (Lipinski definition) is 0. The van der Waals surface area contributed by atoms with Crippen molar-refractivity contribution in [3.8, 4) is 6.07 Å². The minimum Gasteiger partial charge on any atom is -0.464 e. The minimum absolute atomic E-state index is 0.135. The molecule has 0 saturated heterocycles. The number of rotatable bonds is 1. The Morgan fingerprint density at radius 1 is 1.50 bits per heavy atom. The molecule has 0 spiro atoms. The molecular formula is C9H4N2O3. The standard InChI is InChI=1S/C9H4N2O3/c10-5-6-3-7(11(12)13)4-9-8(6)1-2-14-9/h1-4H. The Morgan fingerprint density at radius 2 is 2.29 bits per heavy atom. The van der Waals surface area contributed by atoms with Crippen molar-refractivity contribution in [1.82, 2.24) is 0 Å². The highest BCUT2D eigenvalue weighted by Crippen LogP contribution is 2.25. The van der Waals surface area contributed by atoms with Gasteiger partial charge in [-0.05, 0) is 6.07 Å². The number of benzene rings is 1. The molecule has 0 unspecified atom stereocenters. The second-order valence-corrected chi connectivity index (χ2v) is 2.69. The van der Waals surface area contributed by atoms with Gasteiger partial charge in [-0.25, -0.2) is 0 Å². The van der Waals surface area contributed by atoms with Gasteiger partial charge in [0.05, 0.1) is 22.8 Å². The molecule has 0 bridgehead atoms. The highest BCUT2D eigenvalue weighted by Gasteiger charge is 2.12. The number of nitriles is 1. The molecule has 5 nitrogen and oxygen atoms in total. The lowest BCUT2D eigenvalue weighted by atomic mass is 10.1. The van der Waals surface area contributed by atoms with E-state index in [2.05, 4.69) is 0 Å². The van der Waals surface area contributed by atoms with Crippen molar-refractivity contribution in [2.24, 2.45) is 0 Å². The SMILES string of the molecule is N#Cc1cc([N+](=O)[O-])cc2occc12. The summed E-state index contributed by atoms with van der Waals surface area (Å²) in [7, 11) is 0. The third kappa shape index (κ3) is 1.10. The Kier molecular flexibility index (Phi) is 1.68. The number of non-ortho nitro benzene ring substituents is 1. The van der Waals surface area contributed by atoms with Crippen LogP contribution in [0, 0.1) is 21.4 Å². The van der Waals surface area contributed by atoms with Gasteiger partial charge in [-0.2, -0.15) is 5.26 Å². The number of nitrogens with zero attached hydrogens (tertiary/aromatic N) is 2. The zero-order chi connectivity index (χ0) is 10.1. The molecule has 5 heteroatoms. The van der Waals surface area contributed by atoms with Crippen LogP contribution in [0.3, 0.4) is 0 Å². The lowest BCUT2D eigenvalue weighted by molar-refractivity contribution is -0.384. The predicted octanol–water partition coefficient (Wildman–Crippen LogP) is 2.21. The summed E-state index contributed by atoms with van der Waals surface area (Å²) >= 11 is 0. The normalized spacial score (nSPS) is 9.93. The van der Waals surface area contributed by atoms with Gasteiger partial charge in [-0.1, -0.05) is 0 Å². The highest BCUT2D eigenvalue weighted by atomic mass is 16.6. The first-order chi connectivity index (χ1) is 6.72. The number of nitro benzene ring substituents is 1. The molecule has 0 radical (unpaired) electrons. The van der Waals surface area contributed by atoms with Crippen LogP contribution in [0.2, 0.25) is 0 Å². The topological polar surface area (TPSA) is 80.1 Å². The summed E-state index contributed by atoms with van der Waals surface area (Å²) in [6.45, 7) is 0. The van der Waals surface area contributed by atoms with Crippen LogP contribution in [-0.2, 0) is 0 Å². The third-order valence-electron chi connectivity index (χ3n) is 1.89. The molecule has 0 saturated carbocycles. The molecule has 0 amide bonds. The molecule has 0 fully saturated rings. The molecule has 2 aromatic rings. The van der Waals surface area contributed by atoms with Crippen LogP contribution >= 0.6 is 0 Å². The van der Waals surface area contributed by atoms with Gasteiger partial charge in [0, 0.05) is 11.5 Å². The first-order valence-corrected chi connectivity index (χ1v) is 3.78. The van der Waals surface area contributed by atoms with E-state index >= 15 is 0 Å². The molecule has 1 heterocycles. The van der Waals surface area contributed by atoms with E-state index in [0.29, 0.717) is 11.0 Å². The lowest BCUT2D eigenvalue weighted by Gasteiger charge is -1.93. The van der Waals surface area contributed by atoms with Crippen LogP contribution in [0.5, 0.6) is 0 Å². The average molecular weight is 188 g/mol. The second-order valence-electron chi connectivity index (χ2n) is 2.69. The maximum atomic E-state index is 10.5. The Balaban J connectivity index is 2.82. The summed E-state index contributed by atoms with van der Waals surface area (Å²) in [6, 6.07) is 6.03. The summed E-state index contributed by atoms with van der Waals surface area (Å²) in [5, 5.41) is 19.8. The monoisotopic (exact) mass is 188 g/mol. The molecule has 14 heavy (non-hydrogen) atoms. The van der Waals surface area contributed by atoms with E-state index in [4.69, 9.17) is 9.68 Å². The predicted molar refractivity (Wildman–Crippen MR) is 47.6 cm³/mol. The maximum Gasteiger partial charge on any atom is 0.274 e. The molecule has 2 rings (SSSR count). The van der Waals surface area contributed by atoms with Crippen molar-refractivity contribution in [1.29, 1.82) is 5.26 Å². The fraction of sp³-hybridized carbons (Fsp3) is 0. The van der Waals surface area contributed by atoms with Gasteiger partial charge in [0.25, 0.3) is 5.69 Å². The second kappa shape index (κ2) is 2.85. The smallest absolute Gasteiger partial charge is 0.274 e. The quantitative estimate of drug-likeness (QED) is 0.507. The molecular weight excluding hydrogens is 184 g/mol. The van der Waals surface area contributed by atoms with Crippen LogP contribution < -0.4 is 0 Å². The van der Waals surface area contributed by atoms with Gasteiger partial charge in [0.1, 0.15) is 11.7 Å². The summed E-state index contributed by atoms with van der Waals surface area (Å²) in [5.41, 5.74) is 0.475. The van der Waals surface area contributed by atoms with Crippen molar-refractivity contribution in [3.63, 3.8) is 0 Å². The van der Waals surface area contributed by atoms with E-state index < -0.39 is 4.92 Å². The fourth-order valence-corrected chi connectivity index (χ4v) is 1.25. The molecule has 0 aliphatic heterocycles. The summed E-state index contributed by atoms with van der Waals surface area (Å²) < 4.78 is 5.00. The van der Waals surface area contributed by atoms with E-state index in [-0.39, 0.29) is 11.3 Å². The van der Waals surface area contributed by atoms with E-state index in [1.54, 1.807) is 6.07 Å². The summed E-state index contributed by atoms with van der Waals surface area (Å²) in [6.07, 6.45) is 1.40. The zero-order valence-electron chi connectivity index (χ0n) is 6.93. The van der Waals surface area contributed by atoms with Gasteiger partial charge in [-0.15, -0.1) is 0 Å². The Morgan fingerprint density at radius 3 is 2.93 bits per heavy atom. The van der Waals surface area contributed by atoms with Crippen LogP contribution in [0.15, 0.2) is 28.9 Å². The molecule has 1 aromatic heterocycles. The van der Waals surface area contributed by atoms with E-state index in [1.165, 1.54) is 18.4 Å². The van der Waals surface area contributed by atoms with Crippen molar-refractivity contribution in [2.45, 2.75) is 0 Å². The molecule has 0 N–H and O–H groups in total. The van der Waals surface area contributed by atoms with Crippen LogP contribution in [0.4, 0.5) is 5.69 Å². The highest BCUT2D eigenvalue weighted by molar-refractivity contribution is 5.85. The van der Waals surface area contributed by atoms with Gasteiger partial charge in [0.15, 0.2) is 0 Å². The molecule has 0 atom stereocenters. The van der Waals surface area contributed by atoms with Gasteiger partial charge in [0.2, 0.25) is 0 Å². The third-order valence-corrected chi connectivity index (χ3v) is 1.89. The molecule has 68 valence electrons. The van der Waals surface area contributed by atoms with Gasteiger partial charge < -0.3 is 4.42 Å².